The van der Waals surface area contributed by atoms with Crippen molar-refractivity contribution in [3.05, 3.63) is 29.8 Å². The molecule has 4 heteroatoms. The van der Waals surface area contributed by atoms with E-state index in [-0.39, 0.29) is 12.5 Å². The highest BCUT2D eigenvalue weighted by atomic mass is 16.5. The molecule has 20 heavy (non-hydrogen) atoms. The van der Waals surface area contributed by atoms with E-state index in [0.29, 0.717) is 18.8 Å². The second-order valence-corrected chi connectivity index (χ2v) is 5.51. The van der Waals surface area contributed by atoms with Crippen LogP contribution >= 0.6 is 0 Å². The second-order valence-electron chi connectivity index (χ2n) is 5.51. The van der Waals surface area contributed by atoms with E-state index in [1.165, 1.54) is 5.56 Å². The first-order chi connectivity index (χ1) is 9.35. The molecule has 0 aromatic heterocycles. The minimum Gasteiger partial charge on any atom is -0.484 e. The standard InChI is InChI=1S/C16H25NO3/c1-5-13-8-7-9-14(10-13)20-11-15(18)17(6-2)12-16(3,4)19/h7-10,19H,5-6,11-12H2,1-4H3. The van der Waals surface area contributed by atoms with Crippen molar-refractivity contribution < 1.29 is 14.6 Å². The number of rotatable bonds is 7. The Hall–Kier alpha value is -1.55. The SMILES string of the molecule is CCc1cccc(OCC(=O)N(CC)CC(C)(C)O)c1. The number of nitrogens with zero attached hydrogens (tertiary/aromatic N) is 1. The molecule has 1 rings (SSSR count). The van der Waals surface area contributed by atoms with Crippen LogP contribution in [0.2, 0.25) is 0 Å². The number of hydrogen-bond acceptors (Lipinski definition) is 3. The molecule has 0 spiro atoms. The first-order valence-electron chi connectivity index (χ1n) is 7.07. The van der Waals surface area contributed by atoms with E-state index in [1.54, 1.807) is 18.7 Å². The zero-order valence-electron chi connectivity index (χ0n) is 12.8. The van der Waals surface area contributed by atoms with Crippen molar-refractivity contribution in [1.29, 1.82) is 0 Å². The summed E-state index contributed by atoms with van der Waals surface area (Å²) < 4.78 is 5.53. The average Bonchev–Trinajstić information content (AvgIpc) is 2.41. The van der Waals surface area contributed by atoms with Crippen molar-refractivity contribution in [3.8, 4) is 5.75 Å². The van der Waals surface area contributed by atoms with Crippen molar-refractivity contribution in [1.82, 2.24) is 4.90 Å². The molecule has 0 aliphatic rings. The van der Waals surface area contributed by atoms with Gasteiger partial charge in [-0.15, -0.1) is 0 Å². The van der Waals surface area contributed by atoms with Crippen molar-refractivity contribution in [2.75, 3.05) is 19.7 Å². The maximum absolute atomic E-state index is 12.1. The molecule has 1 amide bonds. The van der Waals surface area contributed by atoms with Crippen LogP contribution in [0.1, 0.15) is 33.3 Å². The van der Waals surface area contributed by atoms with E-state index >= 15 is 0 Å². The van der Waals surface area contributed by atoms with Gasteiger partial charge in [-0.25, -0.2) is 0 Å². The predicted molar refractivity (Wildman–Crippen MR) is 79.9 cm³/mol. The summed E-state index contributed by atoms with van der Waals surface area (Å²) in [5, 5.41) is 9.79. The quantitative estimate of drug-likeness (QED) is 0.833. The number of carbonyl (C=O) groups is 1. The first kappa shape index (κ1) is 16.5. The Kier molecular flexibility index (Phi) is 6.02. The molecule has 0 bridgehead atoms. The number of ether oxygens (including phenoxy) is 1. The molecule has 0 fully saturated rings. The van der Waals surface area contributed by atoms with Crippen LogP contribution in [-0.4, -0.2) is 41.2 Å². The second kappa shape index (κ2) is 7.29. The Morgan fingerprint density at radius 3 is 2.60 bits per heavy atom. The maximum Gasteiger partial charge on any atom is 0.260 e. The Labute approximate surface area is 121 Å². The Morgan fingerprint density at radius 1 is 1.35 bits per heavy atom. The van der Waals surface area contributed by atoms with Crippen LogP contribution in [0.15, 0.2) is 24.3 Å². The molecule has 0 saturated carbocycles. The van der Waals surface area contributed by atoms with E-state index in [0.717, 1.165) is 6.42 Å². The topological polar surface area (TPSA) is 49.8 Å². The van der Waals surface area contributed by atoms with Crippen LogP contribution < -0.4 is 4.74 Å². The van der Waals surface area contributed by atoms with Gasteiger partial charge in [0.1, 0.15) is 5.75 Å². The lowest BCUT2D eigenvalue weighted by atomic mass is 10.1. The lowest BCUT2D eigenvalue weighted by Crippen LogP contribution is -2.44. The average molecular weight is 279 g/mol. The molecule has 0 radical (unpaired) electrons. The number of aliphatic hydroxyl groups is 1. The lowest BCUT2D eigenvalue weighted by Gasteiger charge is -2.28. The molecule has 0 unspecified atom stereocenters. The van der Waals surface area contributed by atoms with Gasteiger partial charge in [-0.1, -0.05) is 19.1 Å². The lowest BCUT2D eigenvalue weighted by molar-refractivity contribution is -0.136. The molecule has 0 heterocycles. The van der Waals surface area contributed by atoms with E-state index in [4.69, 9.17) is 4.74 Å². The number of aryl methyl sites for hydroxylation is 1. The van der Waals surface area contributed by atoms with Gasteiger partial charge in [0.05, 0.1) is 5.60 Å². The Bertz CT molecular complexity index is 438. The smallest absolute Gasteiger partial charge is 0.260 e. The van der Waals surface area contributed by atoms with Crippen molar-refractivity contribution in [2.45, 2.75) is 39.7 Å². The summed E-state index contributed by atoms with van der Waals surface area (Å²) in [6.45, 7) is 8.20. The molecule has 1 N–H and O–H groups in total. The minimum atomic E-state index is -0.895. The van der Waals surface area contributed by atoms with Crippen molar-refractivity contribution in [2.24, 2.45) is 0 Å². The molecular weight excluding hydrogens is 254 g/mol. The largest absolute Gasteiger partial charge is 0.484 e. The number of amides is 1. The van der Waals surface area contributed by atoms with Gasteiger partial charge in [-0.3, -0.25) is 4.79 Å². The summed E-state index contributed by atoms with van der Waals surface area (Å²) in [6.07, 6.45) is 0.935. The van der Waals surface area contributed by atoms with Gasteiger partial charge in [-0.2, -0.15) is 0 Å². The summed E-state index contributed by atoms with van der Waals surface area (Å²) in [5.74, 6) is 0.591. The predicted octanol–water partition coefficient (Wildman–Crippen LogP) is 2.25. The highest BCUT2D eigenvalue weighted by Gasteiger charge is 2.21. The van der Waals surface area contributed by atoms with E-state index in [2.05, 4.69) is 6.92 Å². The third-order valence-electron chi connectivity index (χ3n) is 2.98. The van der Waals surface area contributed by atoms with E-state index in [1.807, 2.05) is 31.2 Å². The summed E-state index contributed by atoms with van der Waals surface area (Å²) >= 11 is 0. The third kappa shape index (κ3) is 5.61. The molecule has 0 atom stereocenters. The van der Waals surface area contributed by atoms with Crippen LogP contribution in [0.3, 0.4) is 0 Å². The molecule has 4 nitrogen and oxygen atoms in total. The van der Waals surface area contributed by atoms with Crippen LogP contribution in [0.25, 0.3) is 0 Å². The zero-order chi connectivity index (χ0) is 15.2. The fraction of sp³-hybridized carbons (Fsp3) is 0.562. The number of hydrogen-bond donors (Lipinski definition) is 1. The van der Waals surface area contributed by atoms with Gasteiger partial charge in [0.2, 0.25) is 0 Å². The summed E-state index contributed by atoms with van der Waals surface area (Å²) in [4.78, 5) is 13.7. The number of carbonyl (C=O) groups excluding carboxylic acids is 1. The highest BCUT2D eigenvalue weighted by molar-refractivity contribution is 5.77. The fourth-order valence-corrected chi connectivity index (χ4v) is 1.93. The number of likely N-dealkylation sites (N-methyl/N-ethyl adjacent to an activating group) is 1. The molecule has 112 valence electrons. The van der Waals surface area contributed by atoms with Crippen molar-refractivity contribution in [3.63, 3.8) is 0 Å². The fourth-order valence-electron chi connectivity index (χ4n) is 1.93. The molecule has 0 aliphatic carbocycles. The normalized spacial score (nSPS) is 11.2. The summed E-state index contributed by atoms with van der Waals surface area (Å²) in [7, 11) is 0. The van der Waals surface area contributed by atoms with E-state index in [9.17, 15) is 9.90 Å². The monoisotopic (exact) mass is 279 g/mol. The molecule has 1 aromatic carbocycles. The summed E-state index contributed by atoms with van der Waals surface area (Å²) in [6, 6.07) is 7.74. The van der Waals surface area contributed by atoms with Gasteiger partial charge in [-0.05, 0) is 44.9 Å². The molecule has 1 aromatic rings. The van der Waals surface area contributed by atoms with Crippen LogP contribution in [0.5, 0.6) is 5.75 Å². The third-order valence-corrected chi connectivity index (χ3v) is 2.98. The van der Waals surface area contributed by atoms with Crippen LogP contribution in [0, 0.1) is 0 Å². The van der Waals surface area contributed by atoms with E-state index < -0.39 is 5.60 Å². The summed E-state index contributed by atoms with van der Waals surface area (Å²) in [5.41, 5.74) is 0.284. The van der Waals surface area contributed by atoms with Crippen molar-refractivity contribution >= 4 is 5.91 Å². The van der Waals surface area contributed by atoms with Gasteiger partial charge < -0.3 is 14.7 Å². The molecule has 0 saturated heterocycles. The van der Waals surface area contributed by atoms with Crippen LogP contribution in [0.4, 0.5) is 0 Å². The Morgan fingerprint density at radius 2 is 2.05 bits per heavy atom. The van der Waals surface area contributed by atoms with Gasteiger partial charge in [0.15, 0.2) is 6.61 Å². The van der Waals surface area contributed by atoms with Gasteiger partial charge >= 0.3 is 0 Å². The molecular formula is C16H25NO3. The zero-order valence-corrected chi connectivity index (χ0v) is 12.8. The minimum absolute atomic E-state index is 0.00289. The maximum atomic E-state index is 12.1. The van der Waals surface area contributed by atoms with Gasteiger partial charge in [0.25, 0.3) is 5.91 Å². The Balaban J connectivity index is 2.56. The molecule has 0 aliphatic heterocycles. The van der Waals surface area contributed by atoms with Crippen LogP contribution in [-0.2, 0) is 11.2 Å². The number of benzene rings is 1. The van der Waals surface area contributed by atoms with Gasteiger partial charge in [0, 0.05) is 13.1 Å². The highest BCUT2D eigenvalue weighted by Crippen LogP contribution is 2.14. The first-order valence-corrected chi connectivity index (χ1v) is 7.07.